The molecule has 0 saturated heterocycles. The highest BCUT2D eigenvalue weighted by molar-refractivity contribution is 6.30. The lowest BCUT2D eigenvalue weighted by Gasteiger charge is -2.16. The van der Waals surface area contributed by atoms with Crippen molar-refractivity contribution < 1.29 is 23.3 Å². The first kappa shape index (κ1) is 31.8. The van der Waals surface area contributed by atoms with Gasteiger partial charge < -0.3 is 25.1 Å². The topological polar surface area (TPSA) is 152 Å². The second-order valence-electron chi connectivity index (χ2n) is 7.92. The van der Waals surface area contributed by atoms with Crippen molar-refractivity contribution in [2.45, 2.75) is 19.3 Å². The van der Waals surface area contributed by atoms with E-state index in [0.717, 1.165) is 16.8 Å². The van der Waals surface area contributed by atoms with E-state index in [1.165, 1.54) is 6.07 Å². The van der Waals surface area contributed by atoms with E-state index in [2.05, 4.69) is 35.5 Å². The van der Waals surface area contributed by atoms with Crippen LogP contribution in [0.1, 0.15) is 40.2 Å². The van der Waals surface area contributed by atoms with Gasteiger partial charge >= 0.3 is 0 Å². The molecule has 1 unspecified atom stereocenters. The number of aldehydes is 1. The molecule has 40 heavy (non-hydrogen) atoms. The van der Waals surface area contributed by atoms with Crippen LogP contribution in [0.2, 0.25) is 5.02 Å². The molecule has 0 saturated carbocycles. The number of carbonyl (C=O) groups excluding carboxylic acids is 2. The molecule has 0 radical (unpaired) electrons. The third-order valence-electron chi connectivity index (χ3n) is 5.23. The number of hydrogen-bond donors (Lipinski definition) is 3. The summed E-state index contributed by atoms with van der Waals surface area (Å²) in [5, 5.41) is 13.0. The third kappa shape index (κ3) is 10.0. The SMILES string of the molecule is CCc1nonc1C(=O)NCC=O.CNc1cc(C(COC)c2cc(F)c[nH]c2=O)ccn1.Clc1ccccc1. The fraction of sp³-hybridized carbons (Fsp3) is 0.259. The van der Waals surface area contributed by atoms with Crippen molar-refractivity contribution in [3.63, 3.8) is 0 Å². The summed E-state index contributed by atoms with van der Waals surface area (Å²) in [5.74, 6) is -0.597. The maximum atomic E-state index is 13.4. The number of hydrogen-bond acceptors (Lipinski definition) is 9. The zero-order valence-electron chi connectivity index (χ0n) is 22.2. The van der Waals surface area contributed by atoms with E-state index in [9.17, 15) is 18.8 Å². The molecule has 0 fully saturated rings. The van der Waals surface area contributed by atoms with Gasteiger partial charge in [0.2, 0.25) is 0 Å². The minimum absolute atomic E-state index is 0.0329. The van der Waals surface area contributed by atoms with Crippen molar-refractivity contribution in [2.24, 2.45) is 0 Å². The van der Waals surface area contributed by atoms with Gasteiger partial charge in [-0.25, -0.2) is 14.0 Å². The van der Waals surface area contributed by atoms with Gasteiger partial charge in [-0.05, 0) is 47.5 Å². The number of methoxy groups -OCH3 is 1. The molecule has 3 N–H and O–H groups in total. The molecule has 212 valence electrons. The van der Waals surface area contributed by atoms with Gasteiger partial charge in [-0.15, -0.1) is 0 Å². The van der Waals surface area contributed by atoms with Gasteiger partial charge in [0.05, 0.1) is 13.2 Å². The number of nitrogens with one attached hydrogen (secondary N) is 3. The lowest BCUT2D eigenvalue weighted by Crippen LogP contribution is -2.26. The first-order chi connectivity index (χ1) is 19.3. The second kappa shape index (κ2) is 17.2. The number of benzene rings is 1. The summed E-state index contributed by atoms with van der Waals surface area (Å²) in [4.78, 5) is 39.6. The molecule has 0 aliphatic heterocycles. The molecule has 3 heterocycles. The Balaban J connectivity index is 0.000000238. The van der Waals surface area contributed by atoms with Crippen molar-refractivity contribution in [1.82, 2.24) is 25.6 Å². The Hall–Kier alpha value is -4.42. The molecule has 1 atom stereocenters. The van der Waals surface area contributed by atoms with Gasteiger partial charge in [-0.2, -0.15) is 0 Å². The van der Waals surface area contributed by atoms with Crippen molar-refractivity contribution in [2.75, 3.05) is 32.6 Å². The number of aryl methyl sites for hydroxylation is 1. The highest BCUT2D eigenvalue weighted by atomic mass is 35.5. The Labute approximate surface area is 235 Å². The largest absolute Gasteiger partial charge is 0.384 e. The van der Waals surface area contributed by atoms with Crippen molar-refractivity contribution in [3.05, 3.63) is 105 Å². The molecule has 3 aromatic heterocycles. The fourth-order valence-electron chi connectivity index (χ4n) is 3.31. The first-order valence-corrected chi connectivity index (χ1v) is 12.5. The first-order valence-electron chi connectivity index (χ1n) is 12.1. The number of pyridine rings is 2. The van der Waals surface area contributed by atoms with Crippen molar-refractivity contribution in [3.8, 4) is 0 Å². The molecule has 0 aliphatic rings. The number of H-pyrrole nitrogens is 1. The van der Waals surface area contributed by atoms with Crippen LogP contribution in [-0.2, 0) is 16.0 Å². The van der Waals surface area contributed by atoms with Crippen LogP contribution in [0.4, 0.5) is 10.2 Å². The molecule has 0 spiro atoms. The average Bonchev–Trinajstić information content (AvgIpc) is 3.46. The van der Waals surface area contributed by atoms with Gasteiger partial charge in [0.1, 0.15) is 23.6 Å². The number of rotatable bonds is 9. The van der Waals surface area contributed by atoms with Crippen LogP contribution in [0, 0.1) is 5.82 Å². The maximum absolute atomic E-state index is 13.4. The van der Waals surface area contributed by atoms with Crippen LogP contribution in [0.15, 0.2) is 70.3 Å². The summed E-state index contributed by atoms with van der Waals surface area (Å²) in [6.45, 7) is 2.07. The van der Waals surface area contributed by atoms with Crippen LogP contribution >= 0.6 is 11.6 Å². The van der Waals surface area contributed by atoms with Gasteiger partial charge in [-0.3, -0.25) is 9.59 Å². The summed E-state index contributed by atoms with van der Waals surface area (Å²) in [5.41, 5.74) is 1.48. The Morgan fingerprint density at radius 1 is 1.23 bits per heavy atom. The van der Waals surface area contributed by atoms with E-state index in [1.807, 2.05) is 43.3 Å². The van der Waals surface area contributed by atoms with Crippen LogP contribution in [0.5, 0.6) is 0 Å². The van der Waals surface area contributed by atoms with E-state index in [1.54, 1.807) is 26.4 Å². The Kier molecular flexibility index (Phi) is 13.7. The normalized spacial score (nSPS) is 10.7. The molecule has 1 aromatic carbocycles. The summed E-state index contributed by atoms with van der Waals surface area (Å²) < 4.78 is 22.9. The summed E-state index contributed by atoms with van der Waals surface area (Å²) in [6, 6.07) is 14.3. The van der Waals surface area contributed by atoms with E-state index >= 15 is 0 Å². The lowest BCUT2D eigenvalue weighted by atomic mass is 9.93. The number of amides is 1. The smallest absolute Gasteiger partial charge is 0.275 e. The summed E-state index contributed by atoms with van der Waals surface area (Å²) in [6.07, 6.45) is 3.84. The monoisotopic (exact) mass is 572 g/mol. The highest BCUT2D eigenvalue weighted by Gasteiger charge is 2.19. The van der Waals surface area contributed by atoms with Gasteiger partial charge in [-0.1, -0.05) is 41.9 Å². The molecule has 1 amide bonds. The van der Waals surface area contributed by atoms with Gasteiger partial charge in [0.15, 0.2) is 5.69 Å². The lowest BCUT2D eigenvalue weighted by molar-refractivity contribution is -0.107. The maximum Gasteiger partial charge on any atom is 0.275 e. The van der Waals surface area contributed by atoms with E-state index in [4.69, 9.17) is 16.3 Å². The number of ether oxygens (including phenoxy) is 1. The number of carbonyl (C=O) groups is 2. The number of nitrogens with zero attached hydrogens (tertiary/aromatic N) is 3. The number of anilines is 1. The van der Waals surface area contributed by atoms with Crippen molar-refractivity contribution >= 4 is 29.6 Å². The number of halogens is 2. The molecular formula is C27H30ClFN6O5. The van der Waals surface area contributed by atoms with Crippen LogP contribution in [-0.4, -0.2) is 59.8 Å². The molecule has 0 bridgehead atoms. The van der Waals surface area contributed by atoms with E-state index < -0.39 is 11.7 Å². The number of aromatic amines is 1. The second-order valence-corrected chi connectivity index (χ2v) is 8.36. The predicted molar refractivity (Wildman–Crippen MR) is 148 cm³/mol. The van der Waals surface area contributed by atoms with E-state index in [0.29, 0.717) is 29.8 Å². The predicted octanol–water partition coefficient (Wildman–Crippen LogP) is 3.63. The van der Waals surface area contributed by atoms with Crippen LogP contribution in [0.25, 0.3) is 0 Å². The molecule has 4 aromatic rings. The average molecular weight is 573 g/mol. The molecule has 11 nitrogen and oxygen atoms in total. The molecular weight excluding hydrogens is 543 g/mol. The van der Waals surface area contributed by atoms with Gasteiger partial charge in [0, 0.05) is 43.1 Å². The third-order valence-corrected chi connectivity index (χ3v) is 5.49. The summed E-state index contributed by atoms with van der Waals surface area (Å²) in [7, 11) is 3.30. The van der Waals surface area contributed by atoms with Gasteiger partial charge in [0.25, 0.3) is 11.5 Å². The Morgan fingerprint density at radius 2 is 1.98 bits per heavy atom. The highest BCUT2D eigenvalue weighted by Crippen LogP contribution is 2.24. The number of aromatic nitrogens is 4. The standard InChI is InChI=1S/C14H16FN3O2.C7H9N3O3.C6H5Cl/c1-16-13-5-9(3-4-17-13)12(8-20-2)11-6-10(15)7-18-14(11)19;1-2-5-6(10-13-9-5)7(12)8-3-4-11;7-6-4-2-1-3-5-6/h3-7,12H,8H2,1-2H3,(H,16,17)(H,18,19);4H,2-3H2,1H3,(H,8,12);1-5H. The van der Waals surface area contributed by atoms with Crippen molar-refractivity contribution in [1.29, 1.82) is 0 Å². The summed E-state index contributed by atoms with van der Waals surface area (Å²) >= 11 is 5.54. The zero-order chi connectivity index (χ0) is 29.3. The Bertz CT molecular complexity index is 1400. The minimum Gasteiger partial charge on any atom is -0.384 e. The molecule has 4 rings (SSSR count). The van der Waals surface area contributed by atoms with E-state index in [-0.39, 0.29) is 30.3 Å². The minimum atomic E-state index is -0.483. The zero-order valence-corrected chi connectivity index (χ0v) is 22.9. The van der Waals surface area contributed by atoms with Crippen LogP contribution < -0.4 is 16.2 Å². The van der Waals surface area contributed by atoms with Crippen LogP contribution in [0.3, 0.4) is 0 Å². The quantitative estimate of drug-likeness (QED) is 0.255. The Morgan fingerprint density at radius 3 is 2.58 bits per heavy atom. The molecule has 0 aliphatic carbocycles. The fourth-order valence-corrected chi connectivity index (χ4v) is 3.45. The molecule has 13 heteroatoms.